The Hall–Kier alpha value is -2.61. The molecule has 0 saturated carbocycles. The lowest BCUT2D eigenvalue weighted by atomic mass is 10.2. The standard InChI is InChI=1S/C24H21ClN4OS2/c1-15-9-10-17(13-20(15)25)26-24-28(11-6-12-31-24)22(30)21-14-19-16(2)27-29(23(19)32-21)18-7-4-3-5-8-18/h3-5,7-10,13-14H,6,11-12H2,1-2H3. The Kier molecular flexibility index (Phi) is 5.80. The molecule has 4 aromatic rings. The lowest BCUT2D eigenvalue weighted by Gasteiger charge is -2.27. The number of rotatable bonds is 3. The number of halogens is 1. The van der Waals surface area contributed by atoms with E-state index < -0.39 is 0 Å². The largest absolute Gasteiger partial charge is 0.286 e. The predicted molar refractivity (Wildman–Crippen MR) is 135 cm³/mol. The Bertz CT molecular complexity index is 1340. The van der Waals surface area contributed by atoms with Crippen LogP contribution < -0.4 is 0 Å². The van der Waals surface area contributed by atoms with Gasteiger partial charge in [-0.2, -0.15) is 5.10 Å². The molecule has 0 N–H and O–H groups in total. The van der Waals surface area contributed by atoms with Gasteiger partial charge in [0.1, 0.15) is 4.83 Å². The summed E-state index contributed by atoms with van der Waals surface area (Å²) in [7, 11) is 0. The van der Waals surface area contributed by atoms with E-state index in [1.165, 1.54) is 11.3 Å². The summed E-state index contributed by atoms with van der Waals surface area (Å²) >= 11 is 9.36. The van der Waals surface area contributed by atoms with Crippen LogP contribution in [-0.4, -0.2) is 38.1 Å². The highest BCUT2D eigenvalue weighted by atomic mass is 35.5. The Labute approximate surface area is 199 Å². The van der Waals surface area contributed by atoms with E-state index in [4.69, 9.17) is 16.6 Å². The average Bonchev–Trinajstić information content (AvgIpc) is 3.37. The molecule has 0 unspecified atom stereocenters. The Balaban J connectivity index is 1.50. The van der Waals surface area contributed by atoms with E-state index in [-0.39, 0.29) is 5.91 Å². The number of carbonyl (C=O) groups excluding carboxylic acids is 1. The fraction of sp³-hybridized carbons (Fsp3) is 0.208. The molecule has 32 heavy (non-hydrogen) atoms. The van der Waals surface area contributed by atoms with Crippen LogP contribution in [0.3, 0.4) is 0 Å². The SMILES string of the molecule is Cc1ccc(N=C2SCCCN2C(=O)c2cc3c(C)nn(-c4ccccc4)c3s2)cc1Cl. The van der Waals surface area contributed by atoms with Crippen molar-refractivity contribution in [2.45, 2.75) is 20.3 Å². The first kappa shape index (κ1) is 21.2. The van der Waals surface area contributed by atoms with Gasteiger partial charge in [0.15, 0.2) is 5.17 Å². The van der Waals surface area contributed by atoms with Crippen LogP contribution in [0.4, 0.5) is 5.69 Å². The molecule has 0 atom stereocenters. The third-order valence-corrected chi connectivity index (χ3v) is 7.94. The van der Waals surface area contributed by atoms with E-state index in [0.29, 0.717) is 16.4 Å². The topological polar surface area (TPSA) is 50.5 Å². The molecular weight excluding hydrogens is 460 g/mol. The lowest BCUT2D eigenvalue weighted by molar-refractivity contribution is 0.0854. The van der Waals surface area contributed by atoms with Gasteiger partial charge in [-0.25, -0.2) is 9.67 Å². The molecule has 5 nitrogen and oxygen atoms in total. The van der Waals surface area contributed by atoms with Crippen LogP contribution in [0.1, 0.15) is 27.3 Å². The number of nitrogens with zero attached hydrogens (tertiary/aromatic N) is 4. The number of amidine groups is 1. The minimum Gasteiger partial charge on any atom is -0.286 e. The third-order valence-electron chi connectivity index (χ3n) is 5.37. The van der Waals surface area contributed by atoms with Gasteiger partial charge in [0.25, 0.3) is 5.91 Å². The Morgan fingerprint density at radius 2 is 1.94 bits per heavy atom. The number of aliphatic imine (C=N–C) groups is 1. The second kappa shape index (κ2) is 8.73. The molecule has 1 fully saturated rings. The number of amides is 1. The normalized spacial score (nSPS) is 15.6. The molecule has 0 aliphatic carbocycles. The van der Waals surface area contributed by atoms with Gasteiger partial charge in [-0.15, -0.1) is 11.3 Å². The molecule has 1 saturated heterocycles. The van der Waals surface area contributed by atoms with Crippen LogP contribution in [0.2, 0.25) is 5.02 Å². The van der Waals surface area contributed by atoms with Crippen molar-refractivity contribution in [3.05, 3.63) is 75.8 Å². The van der Waals surface area contributed by atoms with Crippen LogP contribution in [0.25, 0.3) is 15.9 Å². The first-order chi connectivity index (χ1) is 15.5. The lowest BCUT2D eigenvalue weighted by Crippen LogP contribution is -2.38. The van der Waals surface area contributed by atoms with Crippen molar-refractivity contribution in [3.63, 3.8) is 0 Å². The van der Waals surface area contributed by atoms with E-state index in [2.05, 4.69) is 5.10 Å². The number of aryl methyl sites for hydroxylation is 2. The van der Waals surface area contributed by atoms with Crippen molar-refractivity contribution in [1.29, 1.82) is 0 Å². The first-order valence-corrected chi connectivity index (χ1v) is 12.5. The molecular formula is C24H21ClN4OS2. The second-order valence-corrected chi connectivity index (χ2v) is 10.1. The van der Waals surface area contributed by atoms with Crippen molar-refractivity contribution in [1.82, 2.24) is 14.7 Å². The third kappa shape index (κ3) is 3.96. The highest BCUT2D eigenvalue weighted by Crippen LogP contribution is 2.33. The predicted octanol–water partition coefficient (Wildman–Crippen LogP) is 6.62. The van der Waals surface area contributed by atoms with Gasteiger partial charge in [-0.05, 0) is 56.2 Å². The van der Waals surface area contributed by atoms with Crippen molar-refractivity contribution >= 4 is 61.7 Å². The van der Waals surface area contributed by atoms with Gasteiger partial charge < -0.3 is 0 Å². The zero-order valence-electron chi connectivity index (χ0n) is 17.7. The number of para-hydroxylation sites is 1. The van der Waals surface area contributed by atoms with Crippen molar-refractivity contribution in [3.8, 4) is 5.69 Å². The molecule has 0 radical (unpaired) electrons. The van der Waals surface area contributed by atoms with Crippen LogP contribution in [-0.2, 0) is 0 Å². The summed E-state index contributed by atoms with van der Waals surface area (Å²) in [5.74, 6) is 0.922. The Morgan fingerprint density at radius 3 is 2.72 bits per heavy atom. The van der Waals surface area contributed by atoms with E-state index >= 15 is 0 Å². The minimum absolute atomic E-state index is 0.0191. The molecule has 3 heterocycles. The molecule has 1 aliphatic rings. The van der Waals surface area contributed by atoms with Crippen LogP contribution in [0, 0.1) is 13.8 Å². The summed E-state index contributed by atoms with van der Waals surface area (Å²) in [4.78, 5) is 21.8. The number of carbonyl (C=O) groups is 1. The second-order valence-electron chi connectivity index (χ2n) is 7.65. The fourth-order valence-electron chi connectivity index (χ4n) is 3.63. The quantitative estimate of drug-likeness (QED) is 0.331. The number of thiophene rings is 1. The molecule has 8 heteroatoms. The highest BCUT2D eigenvalue weighted by molar-refractivity contribution is 8.13. The summed E-state index contributed by atoms with van der Waals surface area (Å²) < 4.78 is 1.92. The average molecular weight is 481 g/mol. The zero-order chi connectivity index (χ0) is 22.2. The summed E-state index contributed by atoms with van der Waals surface area (Å²) in [5, 5.41) is 7.09. The summed E-state index contributed by atoms with van der Waals surface area (Å²) in [6.07, 6.45) is 0.936. The summed E-state index contributed by atoms with van der Waals surface area (Å²) in [6.45, 7) is 4.60. The van der Waals surface area contributed by atoms with Gasteiger partial charge in [0, 0.05) is 22.7 Å². The number of benzene rings is 2. The highest BCUT2D eigenvalue weighted by Gasteiger charge is 2.27. The van der Waals surface area contributed by atoms with E-state index in [1.54, 1.807) is 16.7 Å². The molecule has 1 aliphatic heterocycles. The van der Waals surface area contributed by atoms with Crippen LogP contribution in [0.15, 0.2) is 59.6 Å². The molecule has 0 bridgehead atoms. The van der Waals surface area contributed by atoms with Gasteiger partial charge in [-0.3, -0.25) is 9.69 Å². The first-order valence-electron chi connectivity index (χ1n) is 10.4. The monoisotopic (exact) mass is 480 g/mol. The molecule has 2 aromatic carbocycles. The fourth-order valence-corrected chi connectivity index (χ4v) is 5.89. The molecule has 1 amide bonds. The van der Waals surface area contributed by atoms with Crippen molar-refractivity contribution in [2.24, 2.45) is 4.99 Å². The number of aromatic nitrogens is 2. The zero-order valence-corrected chi connectivity index (χ0v) is 20.1. The maximum atomic E-state index is 13.5. The smallest absolute Gasteiger partial charge is 0.270 e. The van der Waals surface area contributed by atoms with Crippen molar-refractivity contribution in [2.75, 3.05) is 12.3 Å². The number of thioether (sulfide) groups is 1. The van der Waals surface area contributed by atoms with Crippen LogP contribution >= 0.6 is 34.7 Å². The Morgan fingerprint density at radius 1 is 1.12 bits per heavy atom. The maximum absolute atomic E-state index is 13.5. The van der Waals surface area contributed by atoms with Gasteiger partial charge >= 0.3 is 0 Å². The van der Waals surface area contributed by atoms with Gasteiger partial charge in [0.2, 0.25) is 0 Å². The van der Waals surface area contributed by atoms with Gasteiger partial charge in [-0.1, -0.05) is 47.6 Å². The van der Waals surface area contributed by atoms with Crippen LogP contribution in [0.5, 0.6) is 0 Å². The molecule has 162 valence electrons. The minimum atomic E-state index is -0.0191. The molecule has 0 spiro atoms. The number of fused-ring (bicyclic) bond motifs is 1. The number of hydrogen-bond acceptors (Lipinski definition) is 5. The van der Waals surface area contributed by atoms with Crippen molar-refractivity contribution < 1.29 is 4.79 Å². The van der Waals surface area contributed by atoms with E-state index in [9.17, 15) is 4.79 Å². The van der Waals surface area contributed by atoms with E-state index in [1.807, 2.05) is 73.1 Å². The van der Waals surface area contributed by atoms with Gasteiger partial charge in [0.05, 0.1) is 21.9 Å². The number of hydrogen-bond donors (Lipinski definition) is 0. The molecule has 5 rings (SSSR count). The van der Waals surface area contributed by atoms with E-state index in [0.717, 1.165) is 50.2 Å². The summed E-state index contributed by atoms with van der Waals surface area (Å²) in [5.41, 5.74) is 3.66. The molecule has 2 aromatic heterocycles. The summed E-state index contributed by atoms with van der Waals surface area (Å²) in [6, 6.07) is 17.7. The maximum Gasteiger partial charge on any atom is 0.270 e.